The maximum atomic E-state index is 13.3. The highest BCUT2D eigenvalue weighted by Crippen LogP contribution is 2.15. The van der Waals surface area contributed by atoms with Crippen molar-refractivity contribution >= 4 is 10.0 Å². The van der Waals surface area contributed by atoms with E-state index in [4.69, 9.17) is 5.11 Å². The van der Waals surface area contributed by atoms with Crippen LogP contribution in [0.4, 0.5) is 4.39 Å². The third-order valence-electron chi connectivity index (χ3n) is 3.34. The standard InChI is InChI=1S/C14H23FN2O3S/c1-3-17(4-2)9-5-8-16-21(19,20)13-6-7-14(15)12(10-13)11-18/h6-7,10,16,18H,3-5,8-9,11H2,1-2H3. The van der Waals surface area contributed by atoms with E-state index >= 15 is 0 Å². The number of rotatable bonds is 9. The number of sulfonamides is 1. The van der Waals surface area contributed by atoms with Gasteiger partial charge in [-0.25, -0.2) is 17.5 Å². The van der Waals surface area contributed by atoms with Gasteiger partial charge in [-0.05, 0) is 44.3 Å². The second-order valence-corrected chi connectivity index (χ2v) is 6.46. The Morgan fingerprint density at radius 1 is 1.29 bits per heavy atom. The zero-order valence-electron chi connectivity index (χ0n) is 12.5. The van der Waals surface area contributed by atoms with Crippen LogP contribution in [0.2, 0.25) is 0 Å². The van der Waals surface area contributed by atoms with Crippen LogP contribution in [0, 0.1) is 5.82 Å². The molecule has 120 valence electrons. The summed E-state index contributed by atoms with van der Waals surface area (Å²) in [6.45, 7) is 6.59. The SMILES string of the molecule is CCN(CC)CCCNS(=O)(=O)c1ccc(F)c(CO)c1. The molecule has 0 amide bonds. The number of aliphatic hydroxyl groups is 1. The number of aliphatic hydroxyl groups excluding tert-OH is 1. The van der Waals surface area contributed by atoms with E-state index < -0.39 is 22.4 Å². The first-order valence-corrected chi connectivity index (χ1v) is 8.54. The van der Waals surface area contributed by atoms with Crippen LogP contribution in [-0.2, 0) is 16.6 Å². The van der Waals surface area contributed by atoms with Gasteiger partial charge >= 0.3 is 0 Å². The summed E-state index contributed by atoms with van der Waals surface area (Å²) in [6, 6.07) is 3.40. The average Bonchev–Trinajstić information content (AvgIpc) is 2.47. The average molecular weight is 318 g/mol. The third-order valence-corrected chi connectivity index (χ3v) is 4.79. The lowest BCUT2D eigenvalue weighted by Gasteiger charge is -2.17. The summed E-state index contributed by atoms with van der Waals surface area (Å²) < 4.78 is 39.9. The molecule has 0 unspecified atom stereocenters. The van der Waals surface area contributed by atoms with E-state index in [0.29, 0.717) is 13.0 Å². The van der Waals surface area contributed by atoms with Crippen LogP contribution in [-0.4, -0.2) is 44.6 Å². The molecular weight excluding hydrogens is 295 g/mol. The van der Waals surface area contributed by atoms with Gasteiger partial charge in [0.15, 0.2) is 0 Å². The summed E-state index contributed by atoms with van der Waals surface area (Å²) in [5, 5.41) is 8.98. The smallest absolute Gasteiger partial charge is 0.240 e. The first kappa shape index (κ1) is 18.0. The van der Waals surface area contributed by atoms with E-state index in [1.807, 2.05) is 0 Å². The highest BCUT2D eigenvalue weighted by atomic mass is 32.2. The minimum absolute atomic E-state index is 0.0268. The van der Waals surface area contributed by atoms with Gasteiger partial charge in [0.1, 0.15) is 5.82 Å². The minimum atomic E-state index is -3.67. The van der Waals surface area contributed by atoms with Crippen molar-refractivity contribution < 1.29 is 17.9 Å². The Bertz CT molecular complexity index is 545. The van der Waals surface area contributed by atoms with Gasteiger partial charge in [0, 0.05) is 12.1 Å². The molecule has 1 rings (SSSR count). The van der Waals surface area contributed by atoms with Crippen LogP contribution >= 0.6 is 0 Å². The second-order valence-electron chi connectivity index (χ2n) is 4.69. The van der Waals surface area contributed by atoms with E-state index in [1.165, 1.54) is 6.07 Å². The second kappa shape index (κ2) is 8.43. The molecule has 0 aliphatic heterocycles. The van der Waals surface area contributed by atoms with E-state index in [0.717, 1.165) is 31.8 Å². The Hall–Kier alpha value is -1.02. The highest BCUT2D eigenvalue weighted by molar-refractivity contribution is 7.89. The van der Waals surface area contributed by atoms with Crippen LogP contribution in [0.3, 0.4) is 0 Å². The Labute approximate surface area is 125 Å². The van der Waals surface area contributed by atoms with E-state index in [1.54, 1.807) is 0 Å². The molecule has 0 saturated carbocycles. The van der Waals surface area contributed by atoms with Gasteiger partial charge in [-0.1, -0.05) is 13.8 Å². The molecular formula is C14H23FN2O3S. The van der Waals surface area contributed by atoms with Gasteiger partial charge in [-0.2, -0.15) is 0 Å². The number of halogens is 1. The number of hydrogen-bond donors (Lipinski definition) is 2. The van der Waals surface area contributed by atoms with Crippen molar-refractivity contribution in [3.8, 4) is 0 Å². The molecule has 1 aromatic rings. The highest BCUT2D eigenvalue weighted by Gasteiger charge is 2.15. The van der Waals surface area contributed by atoms with E-state index in [2.05, 4.69) is 23.5 Å². The van der Waals surface area contributed by atoms with Crippen LogP contribution < -0.4 is 4.72 Å². The van der Waals surface area contributed by atoms with Gasteiger partial charge in [-0.15, -0.1) is 0 Å². The summed E-state index contributed by atoms with van der Waals surface area (Å²) in [7, 11) is -3.67. The van der Waals surface area contributed by atoms with Crippen LogP contribution in [0.15, 0.2) is 23.1 Å². The lowest BCUT2D eigenvalue weighted by Crippen LogP contribution is -2.30. The molecule has 0 bridgehead atoms. The molecule has 21 heavy (non-hydrogen) atoms. The van der Waals surface area contributed by atoms with Gasteiger partial charge in [0.2, 0.25) is 10.0 Å². The molecule has 2 N–H and O–H groups in total. The van der Waals surface area contributed by atoms with Crippen molar-refractivity contribution in [1.82, 2.24) is 9.62 Å². The van der Waals surface area contributed by atoms with Crippen LogP contribution in [0.25, 0.3) is 0 Å². The molecule has 0 aliphatic rings. The number of nitrogens with one attached hydrogen (secondary N) is 1. The first-order valence-electron chi connectivity index (χ1n) is 7.05. The summed E-state index contributed by atoms with van der Waals surface area (Å²) in [4.78, 5) is 2.17. The molecule has 0 atom stereocenters. The summed E-state index contributed by atoms with van der Waals surface area (Å²) in [5.41, 5.74) is -0.0268. The Morgan fingerprint density at radius 2 is 1.95 bits per heavy atom. The maximum Gasteiger partial charge on any atom is 0.240 e. The molecule has 7 heteroatoms. The largest absolute Gasteiger partial charge is 0.392 e. The van der Waals surface area contributed by atoms with Crippen LogP contribution in [0.5, 0.6) is 0 Å². The van der Waals surface area contributed by atoms with Gasteiger partial charge in [0.05, 0.1) is 11.5 Å². The number of benzene rings is 1. The molecule has 0 aromatic heterocycles. The van der Waals surface area contributed by atoms with E-state index in [-0.39, 0.29) is 10.5 Å². The molecule has 0 aliphatic carbocycles. The summed E-state index contributed by atoms with van der Waals surface area (Å²) >= 11 is 0. The summed E-state index contributed by atoms with van der Waals surface area (Å²) in [5.74, 6) is -0.613. The van der Waals surface area contributed by atoms with Crippen molar-refractivity contribution in [3.63, 3.8) is 0 Å². The van der Waals surface area contributed by atoms with Crippen molar-refractivity contribution in [1.29, 1.82) is 0 Å². The molecule has 0 radical (unpaired) electrons. The number of hydrogen-bond acceptors (Lipinski definition) is 4. The quantitative estimate of drug-likeness (QED) is 0.674. The molecule has 0 heterocycles. The fourth-order valence-corrected chi connectivity index (χ4v) is 3.10. The molecule has 0 fully saturated rings. The Morgan fingerprint density at radius 3 is 2.52 bits per heavy atom. The van der Waals surface area contributed by atoms with Crippen molar-refractivity contribution in [2.24, 2.45) is 0 Å². The van der Waals surface area contributed by atoms with Gasteiger partial charge in [0.25, 0.3) is 0 Å². The van der Waals surface area contributed by atoms with Gasteiger partial charge < -0.3 is 10.0 Å². The predicted octanol–water partition coefficient (Wildman–Crippen LogP) is 1.33. The van der Waals surface area contributed by atoms with Crippen LogP contribution in [0.1, 0.15) is 25.8 Å². The van der Waals surface area contributed by atoms with E-state index in [9.17, 15) is 12.8 Å². The normalized spacial score (nSPS) is 12.0. The predicted molar refractivity (Wildman–Crippen MR) is 79.9 cm³/mol. The number of nitrogens with zero attached hydrogens (tertiary/aromatic N) is 1. The lowest BCUT2D eigenvalue weighted by atomic mass is 10.2. The lowest BCUT2D eigenvalue weighted by molar-refractivity contribution is 0.275. The molecule has 5 nitrogen and oxygen atoms in total. The molecule has 0 saturated heterocycles. The third kappa shape index (κ3) is 5.35. The monoisotopic (exact) mass is 318 g/mol. The topological polar surface area (TPSA) is 69.6 Å². The van der Waals surface area contributed by atoms with Crippen molar-refractivity contribution in [2.45, 2.75) is 31.8 Å². The Kier molecular flexibility index (Phi) is 7.24. The maximum absolute atomic E-state index is 13.3. The fourth-order valence-electron chi connectivity index (χ4n) is 1.97. The first-order chi connectivity index (χ1) is 9.94. The molecule has 1 aromatic carbocycles. The zero-order chi connectivity index (χ0) is 15.9. The van der Waals surface area contributed by atoms with Crippen molar-refractivity contribution in [3.05, 3.63) is 29.6 Å². The van der Waals surface area contributed by atoms with Gasteiger partial charge in [-0.3, -0.25) is 0 Å². The van der Waals surface area contributed by atoms with Crippen molar-refractivity contribution in [2.75, 3.05) is 26.2 Å². The Balaban J connectivity index is 2.61. The minimum Gasteiger partial charge on any atom is -0.392 e. The zero-order valence-corrected chi connectivity index (χ0v) is 13.3. The fraction of sp³-hybridized carbons (Fsp3) is 0.571. The summed E-state index contributed by atoms with van der Waals surface area (Å²) in [6.07, 6.45) is 0.703. The molecule has 0 spiro atoms.